The van der Waals surface area contributed by atoms with Crippen LogP contribution >= 0.6 is 11.6 Å². The normalized spacial score (nSPS) is 11.9. The summed E-state index contributed by atoms with van der Waals surface area (Å²) in [5.74, 6) is -0.420. The number of nitrogens with one attached hydrogen (secondary N) is 1. The van der Waals surface area contributed by atoms with Crippen molar-refractivity contribution in [2.24, 2.45) is 0 Å². The molecule has 0 saturated heterocycles. The van der Waals surface area contributed by atoms with Gasteiger partial charge in [0.1, 0.15) is 11.3 Å². The summed E-state index contributed by atoms with van der Waals surface area (Å²) in [6.07, 6.45) is 3.34. The van der Waals surface area contributed by atoms with Crippen LogP contribution in [0.15, 0.2) is 48.7 Å². The van der Waals surface area contributed by atoms with E-state index in [1.54, 1.807) is 30.3 Å². The van der Waals surface area contributed by atoms with Gasteiger partial charge in [-0.25, -0.2) is 0 Å². The second kappa shape index (κ2) is 8.87. The maximum absolute atomic E-state index is 12.5. The van der Waals surface area contributed by atoms with Gasteiger partial charge in [0.15, 0.2) is 0 Å². The zero-order valence-corrected chi connectivity index (χ0v) is 16.5. The number of carbonyl (C=O) groups excluding carboxylic acids is 1. The Kier molecular flexibility index (Phi) is 6.29. The van der Waals surface area contributed by atoms with E-state index in [-0.39, 0.29) is 33.8 Å². The van der Waals surface area contributed by atoms with Gasteiger partial charge in [0.25, 0.3) is 5.69 Å². The minimum atomic E-state index is -0.790. The van der Waals surface area contributed by atoms with Crippen molar-refractivity contribution < 1.29 is 14.8 Å². The zero-order valence-electron chi connectivity index (χ0n) is 15.8. The Labute approximate surface area is 172 Å². The maximum Gasteiger partial charge on any atom is 0.279 e. The first-order chi connectivity index (χ1) is 13.9. The van der Waals surface area contributed by atoms with Gasteiger partial charge in [0.2, 0.25) is 5.91 Å². The predicted octanol–water partition coefficient (Wildman–Crippen LogP) is 4.90. The summed E-state index contributed by atoms with van der Waals surface area (Å²) >= 11 is 5.98. The minimum absolute atomic E-state index is 0.110. The molecule has 0 fully saturated rings. The van der Waals surface area contributed by atoms with Gasteiger partial charge in [-0.2, -0.15) is 0 Å². The monoisotopic (exact) mass is 413 g/mol. The van der Waals surface area contributed by atoms with E-state index in [0.717, 1.165) is 6.42 Å². The van der Waals surface area contributed by atoms with Crippen LogP contribution in [0.5, 0.6) is 5.75 Å². The van der Waals surface area contributed by atoms with Crippen molar-refractivity contribution >= 4 is 34.1 Å². The average Bonchev–Trinajstić information content (AvgIpc) is 2.72. The molecule has 0 aliphatic carbocycles. The number of benzene rings is 2. The van der Waals surface area contributed by atoms with E-state index in [1.807, 2.05) is 6.92 Å². The van der Waals surface area contributed by atoms with E-state index in [4.69, 9.17) is 11.6 Å². The first-order valence-corrected chi connectivity index (χ1v) is 9.60. The lowest BCUT2D eigenvalue weighted by molar-refractivity contribution is -0.383. The Bertz CT molecular complexity index is 1050. The number of rotatable bonds is 7. The molecule has 150 valence electrons. The summed E-state index contributed by atoms with van der Waals surface area (Å²) in [6, 6.07) is 10.3. The molecule has 3 rings (SSSR count). The van der Waals surface area contributed by atoms with E-state index < -0.39 is 11.0 Å². The number of nitro groups is 1. The minimum Gasteiger partial charge on any atom is -0.505 e. The summed E-state index contributed by atoms with van der Waals surface area (Å²) in [7, 11) is 0. The SMILES string of the molecule is CCCCC(=O)N[C@H](c1ccc(Cl)cc1)c1cc([N+](=O)[O-])c2cccnc2c1O. The molecule has 8 heteroatoms. The zero-order chi connectivity index (χ0) is 21.0. The molecule has 0 unspecified atom stereocenters. The van der Waals surface area contributed by atoms with Gasteiger partial charge in [-0.1, -0.05) is 37.1 Å². The standard InChI is InChI=1S/C21H20ClN3O4/c1-2-3-6-18(26)24-19(13-7-9-14(22)10-8-13)16-12-17(25(28)29)15-5-4-11-23-20(15)21(16)27/h4-5,7-12,19,27H,2-3,6H2,1H3,(H,24,26)/t19-/m1/s1. The van der Waals surface area contributed by atoms with Gasteiger partial charge in [-0.05, 0) is 36.2 Å². The largest absolute Gasteiger partial charge is 0.505 e. The highest BCUT2D eigenvalue weighted by Crippen LogP contribution is 2.39. The van der Waals surface area contributed by atoms with E-state index in [0.29, 0.717) is 23.4 Å². The molecule has 0 spiro atoms. The second-order valence-electron chi connectivity index (χ2n) is 6.65. The third-order valence-electron chi connectivity index (χ3n) is 4.65. The van der Waals surface area contributed by atoms with Crippen LogP contribution in [0.1, 0.15) is 43.4 Å². The molecule has 0 aliphatic heterocycles. The Balaban J connectivity index is 2.17. The van der Waals surface area contributed by atoms with E-state index in [1.165, 1.54) is 18.3 Å². The number of hydrogen-bond donors (Lipinski definition) is 2. The lowest BCUT2D eigenvalue weighted by Gasteiger charge is -2.21. The number of nitro benzene ring substituents is 1. The van der Waals surface area contributed by atoms with Crippen LogP contribution in [0.25, 0.3) is 10.9 Å². The van der Waals surface area contributed by atoms with E-state index >= 15 is 0 Å². The maximum atomic E-state index is 12.5. The first kappa shape index (κ1) is 20.5. The number of non-ortho nitro benzene ring substituents is 1. The van der Waals surface area contributed by atoms with E-state index in [9.17, 15) is 20.0 Å². The number of aromatic nitrogens is 1. The third-order valence-corrected chi connectivity index (χ3v) is 4.90. The molecule has 0 radical (unpaired) electrons. The fourth-order valence-corrected chi connectivity index (χ4v) is 3.29. The third kappa shape index (κ3) is 4.46. The summed E-state index contributed by atoms with van der Waals surface area (Å²) < 4.78 is 0. The van der Waals surface area contributed by atoms with Crippen molar-refractivity contribution in [2.45, 2.75) is 32.2 Å². The summed E-state index contributed by atoms with van der Waals surface area (Å²) in [5, 5.41) is 26.1. The summed E-state index contributed by atoms with van der Waals surface area (Å²) in [6.45, 7) is 1.98. The van der Waals surface area contributed by atoms with E-state index in [2.05, 4.69) is 10.3 Å². The Morgan fingerprint density at radius 2 is 2.03 bits per heavy atom. The molecule has 0 bridgehead atoms. The number of phenols is 1. The molecule has 1 aromatic heterocycles. The van der Waals surface area contributed by atoms with Crippen LogP contribution in [-0.4, -0.2) is 20.9 Å². The van der Waals surface area contributed by atoms with Crippen molar-refractivity contribution in [1.82, 2.24) is 10.3 Å². The lowest BCUT2D eigenvalue weighted by atomic mass is 9.95. The predicted molar refractivity (Wildman–Crippen MR) is 111 cm³/mol. The number of pyridine rings is 1. The molecule has 1 amide bonds. The van der Waals surface area contributed by atoms with Crippen LogP contribution in [0.4, 0.5) is 5.69 Å². The number of amides is 1. The number of carbonyl (C=O) groups is 1. The Morgan fingerprint density at radius 1 is 1.31 bits per heavy atom. The highest BCUT2D eigenvalue weighted by atomic mass is 35.5. The van der Waals surface area contributed by atoms with Crippen LogP contribution in [0, 0.1) is 10.1 Å². The Hall–Kier alpha value is -3.19. The fraction of sp³-hybridized carbons (Fsp3) is 0.238. The summed E-state index contributed by atoms with van der Waals surface area (Å²) in [5.41, 5.74) is 0.760. The molecule has 2 aromatic carbocycles. The molecular weight excluding hydrogens is 394 g/mol. The van der Waals surface area contributed by atoms with Crippen molar-refractivity contribution in [3.05, 3.63) is 74.9 Å². The van der Waals surface area contributed by atoms with Gasteiger partial charge in [-0.3, -0.25) is 19.9 Å². The highest BCUT2D eigenvalue weighted by molar-refractivity contribution is 6.30. The number of phenolic OH excluding ortho intramolecular Hbond substituents is 1. The van der Waals surface area contributed by atoms with Crippen molar-refractivity contribution in [3.63, 3.8) is 0 Å². The van der Waals surface area contributed by atoms with Gasteiger partial charge in [0, 0.05) is 29.3 Å². The summed E-state index contributed by atoms with van der Waals surface area (Å²) in [4.78, 5) is 27.7. The van der Waals surface area contributed by atoms with Crippen LogP contribution < -0.4 is 5.32 Å². The van der Waals surface area contributed by atoms with Crippen molar-refractivity contribution in [3.8, 4) is 5.75 Å². The topological polar surface area (TPSA) is 105 Å². The first-order valence-electron chi connectivity index (χ1n) is 9.22. The molecule has 7 nitrogen and oxygen atoms in total. The van der Waals surface area contributed by atoms with Crippen LogP contribution in [-0.2, 0) is 4.79 Å². The van der Waals surface area contributed by atoms with Crippen LogP contribution in [0.3, 0.4) is 0 Å². The number of aromatic hydroxyl groups is 1. The molecule has 0 aliphatic rings. The molecule has 2 N–H and O–H groups in total. The molecular formula is C21H20ClN3O4. The number of nitrogens with zero attached hydrogens (tertiary/aromatic N) is 2. The fourth-order valence-electron chi connectivity index (χ4n) is 3.17. The van der Waals surface area contributed by atoms with Gasteiger partial charge in [0.05, 0.1) is 16.4 Å². The van der Waals surface area contributed by atoms with Crippen molar-refractivity contribution in [1.29, 1.82) is 0 Å². The molecule has 29 heavy (non-hydrogen) atoms. The molecule has 1 heterocycles. The number of fused-ring (bicyclic) bond motifs is 1. The average molecular weight is 414 g/mol. The van der Waals surface area contributed by atoms with Gasteiger partial charge in [-0.15, -0.1) is 0 Å². The van der Waals surface area contributed by atoms with Crippen molar-refractivity contribution in [2.75, 3.05) is 0 Å². The molecule has 3 aromatic rings. The quantitative estimate of drug-likeness (QED) is 0.423. The van der Waals surface area contributed by atoms with Gasteiger partial charge >= 0.3 is 0 Å². The second-order valence-corrected chi connectivity index (χ2v) is 7.08. The Morgan fingerprint density at radius 3 is 2.69 bits per heavy atom. The van der Waals surface area contributed by atoms with Gasteiger partial charge < -0.3 is 10.4 Å². The highest BCUT2D eigenvalue weighted by Gasteiger charge is 2.26. The molecule has 0 saturated carbocycles. The number of hydrogen-bond acceptors (Lipinski definition) is 5. The number of halogens is 1. The lowest BCUT2D eigenvalue weighted by Crippen LogP contribution is -2.29. The van der Waals surface area contributed by atoms with Crippen LogP contribution in [0.2, 0.25) is 5.02 Å². The number of unbranched alkanes of at least 4 members (excludes halogenated alkanes) is 1. The molecule has 1 atom stereocenters. The smallest absolute Gasteiger partial charge is 0.279 e.